The van der Waals surface area contributed by atoms with Crippen molar-refractivity contribution in [1.82, 2.24) is 19.0 Å². The van der Waals surface area contributed by atoms with Gasteiger partial charge in [0.05, 0.1) is 0 Å². The molecule has 118 valence electrons. The Balaban J connectivity index is 2.34. The molecule has 0 spiro atoms. The van der Waals surface area contributed by atoms with Gasteiger partial charge in [-0.2, -0.15) is 0 Å². The van der Waals surface area contributed by atoms with Crippen molar-refractivity contribution < 1.29 is 8.42 Å². The quantitative estimate of drug-likeness (QED) is 0.793. The Morgan fingerprint density at radius 2 is 2.19 bits per heavy atom. The minimum atomic E-state index is -3.63. The predicted octanol–water partition coefficient (Wildman–Crippen LogP) is 1.06. The van der Waals surface area contributed by atoms with Gasteiger partial charge >= 0.3 is 0 Å². The highest BCUT2D eigenvalue weighted by molar-refractivity contribution is 7.89. The maximum absolute atomic E-state index is 12.6. The van der Waals surface area contributed by atoms with Gasteiger partial charge in [0.15, 0.2) is 15.8 Å². The fraction of sp³-hybridized carbons (Fsp3) is 0.583. The third-order valence-electron chi connectivity index (χ3n) is 3.27. The summed E-state index contributed by atoms with van der Waals surface area (Å²) in [5.41, 5.74) is 0. The van der Waals surface area contributed by atoms with Crippen molar-refractivity contribution in [2.24, 2.45) is 0 Å². The zero-order valence-corrected chi connectivity index (χ0v) is 14.3. The van der Waals surface area contributed by atoms with Gasteiger partial charge in [-0.15, -0.1) is 11.3 Å². The molecule has 0 fully saturated rings. The van der Waals surface area contributed by atoms with Crippen molar-refractivity contribution in [3.63, 3.8) is 0 Å². The van der Waals surface area contributed by atoms with E-state index in [2.05, 4.69) is 15.0 Å². The lowest BCUT2D eigenvalue weighted by molar-refractivity contribution is 0.314. The molecular weight excluding hydrogens is 310 g/mol. The fourth-order valence-electron chi connectivity index (χ4n) is 1.79. The van der Waals surface area contributed by atoms with E-state index in [9.17, 15) is 8.42 Å². The van der Waals surface area contributed by atoms with Crippen LogP contribution in [0, 0.1) is 0 Å². The van der Waals surface area contributed by atoms with Gasteiger partial charge in [0.2, 0.25) is 0 Å². The highest BCUT2D eigenvalue weighted by atomic mass is 32.2. The average Bonchev–Trinajstić information content (AvgIpc) is 2.96. The first-order valence-corrected chi connectivity index (χ1v) is 9.08. The Bertz CT molecular complexity index is 704. The van der Waals surface area contributed by atoms with Crippen LogP contribution in [0.25, 0.3) is 4.96 Å². The van der Waals surface area contributed by atoms with Crippen molar-refractivity contribution in [1.29, 1.82) is 0 Å². The summed E-state index contributed by atoms with van der Waals surface area (Å²) in [7, 11) is 0.204. The molecule has 1 atom stereocenters. The summed E-state index contributed by atoms with van der Waals surface area (Å²) in [6.07, 6.45) is 1.72. The topological polar surface area (TPSA) is 78.7 Å². The van der Waals surface area contributed by atoms with Crippen LogP contribution < -0.4 is 10.0 Å². The van der Waals surface area contributed by atoms with Crippen LogP contribution in [-0.4, -0.2) is 55.9 Å². The predicted molar refractivity (Wildman–Crippen MR) is 85.6 cm³/mol. The number of thiazole rings is 1. The van der Waals surface area contributed by atoms with E-state index in [0.717, 1.165) is 0 Å². The summed E-state index contributed by atoms with van der Waals surface area (Å²) in [4.78, 5) is 6.95. The van der Waals surface area contributed by atoms with E-state index in [1.165, 1.54) is 11.3 Å². The van der Waals surface area contributed by atoms with Gasteiger partial charge in [-0.1, -0.05) is 0 Å². The SMILES string of the molecule is CCNc1nc2sccn2c1S(=O)(=O)NCC(C)N(C)C. The van der Waals surface area contributed by atoms with E-state index in [1.807, 2.05) is 38.2 Å². The molecule has 2 aromatic heterocycles. The van der Waals surface area contributed by atoms with E-state index >= 15 is 0 Å². The van der Waals surface area contributed by atoms with Crippen LogP contribution in [0.5, 0.6) is 0 Å². The van der Waals surface area contributed by atoms with E-state index in [4.69, 9.17) is 0 Å². The zero-order valence-electron chi connectivity index (χ0n) is 12.6. The molecule has 2 heterocycles. The van der Waals surface area contributed by atoms with Gasteiger partial charge in [-0.25, -0.2) is 18.1 Å². The first kappa shape index (κ1) is 16.2. The first-order chi connectivity index (χ1) is 9.86. The third kappa shape index (κ3) is 3.37. The monoisotopic (exact) mass is 331 g/mol. The van der Waals surface area contributed by atoms with Gasteiger partial charge < -0.3 is 10.2 Å². The van der Waals surface area contributed by atoms with Crippen LogP contribution in [0.2, 0.25) is 0 Å². The second-order valence-corrected chi connectivity index (χ2v) is 7.57. The van der Waals surface area contributed by atoms with Crippen LogP contribution in [0.1, 0.15) is 13.8 Å². The van der Waals surface area contributed by atoms with Crippen molar-refractivity contribution in [3.05, 3.63) is 11.6 Å². The van der Waals surface area contributed by atoms with Crippen molar-refractivity contribution >= 4 is 32.1 Å². The summed E-state index contributed by atoms with van der Waals surface area (Å²) in [6, 6.07) is 0.105. The van der Waals surface area contributed by atoms with Crippen LogP contribution in [0.15, 0.2) is 16.6 Å². The van der Waals surface area contributed by atoms with Crippen LogP contribution in [0.4, 0.5) is 5.82 Å². The number of likely N-dealkylation sites (N-methyl/N-ethyl adjacent to an activating group) is 1. The Kier molecular flexibility index (Phi) is 4.87. The molecule has 7 nitrogen and oxygen atoms in total. The molecule has 0 amide bonds. The molecule has 0 bridgehead atoms. The molecule has 9 heteroatoms. The number of fused-ring (bicyclic) bond motifs is 1. The number of hydrogen-bond donors (Lipinski definition) is 2. The van der Waals surface area contributed by atoms with E-state index in [-0.39, 0.29) is 11.1 Å². The number of nitrogens with zero attached hydrogens (tertiary/aromatic N) is 3. The average molecular weight is 331 g/mol. The van der Waals surface area contributed by atoms with Gasteiger partial charge in [0.25, 0.3) is 10.0 Å². The Labute approximate surface area is 129 Å². The Morgan fingerprint density at radius 1 is 1.48 bits per heavy atom. The highest BCUT2D eigenvalue weighted by Gasteiger charge is 2.26. The lowest BCUT2D eigenvalue weighted by Crippen LogP contribution is -2.38. The molecule has 2 aromatic rings. The highest BCUT2D eigenvalue weighted by Crippen LogP contribution is 2.25. The maximum atomic E-state index is 12.6. The lowest BCUT2D eigenvalue weighted by atomic mass is 10.3. The first-order valence-electron chi connectivity index (χ1n) is 6.72. The molecule has 2 rings (SSSR count). The van der Waals surface area contributed by atoms with Gasteiger partial charge in [0.1, 0.15) is 0 Å². The molecule has 0 aliphatic carbocycles. The van der Waals surface area contributed by atoms with Gasteiger partial charge in [0, 0.05) is 30.7 Å². The second-order valence-electron chi connectivity index (χ2n) is 5.02. The number of hydrogen-bond acceptors (Lipinski definition) is 6. The largest absolute Gasteiger partial charge is 0.368 e. The van der Waals surface area contributed by atoms with Crippen molar-refractivity contribution in [2.45, 2.75) is 24.9 Å². The number of rotatable bonds is 7. The molecule has 21 heavy (non-hydrogen) atoms. The molecule has 0 saturated carbocycles. The number of imidazole rings is 1. The van der Waals surface area contributed by atoms with Gasteiger partial charge in [-0.05, 0) is 27.9 Å². The standard InChI is InChI=1S/C12H21N5O2S2/c1-5-13-10-11(17-6-7-20-12(17)15-10)21(18,19)14-8-9(2)16(3)4/h6-7,9,13-14H,5,8H2,1-4H3. The number of aromatic nitrogens is 2. The lowest BCUT2D eigenvalue weighted by Gasteiger charge is -2.20. The summed E-state index contributed by atoms with van der Waals surface area (Å²) >= 11 is 1.40. The zero-order chi connectivity index (χ0) is 15.6. The minimum absolute atomic E-state index is 0.105. The Hall–Kier alpha value is -1.16. The number of nitrogens with one attached hydrogen (secondary N) is 2. The molecule has 0 aromatic carbocycles. The fourth-order valence-corrected chi connectivity index (χ4v) is 3.93. The Morgan fingerprint density at radius 3 is 2.81 bits per heavy atom. The second kappa shape index (κ2) is 6.30. The molecule has 0 saturated heterocycles. The normalized spacial score (nSPS) is 14.0. The third-order valence-corrected chi connectivity index (χ3v) is 5.47. The number of anilines is 1. The molecule has 0 aliphatic rings. The summed E-state index contributed by atoms with van der Waals surface area (Å²) in [5.74, 6) is 0.398. The summed E-state index contributed by atoms with van der Waals surface area (Å²) < 4.78 is 29.5. The molecule has 1 unspecified atom stereocenters. The van der Waals surface area contributed by atoms with Gasteiger partial charge in [-0.3, -0.25) is 4.40 Å². The summed E-state index contributed by atoms with van der Waals surface area (Å²) in [5, 5.41) is 5.01. The molecule has 0 aliphatic heterocycles. The summed E-state index contributed by atoms with van der Waals surface area (Å²) in [6.45, 7) is 4.83. The van der Waals surface area contributed by atoms with E-state index in [0.29, 0.717) is 23.9 Å². The molecular formula is C12H21N5O2S2. The maximum Gasteiger partial charge on any atom is 0.260 e. The minimum Gasteiger partial charge on any atom is -0.368 e. The number of sulfonamides is 1. The van der Waals surface area contributed by atoms with Crippen LogP contribution in [-0.2, 0) is 10.0 Å². The smallest absolute Gasteiger partial charge is 0.260 e. The van der Waals surface area contributed by atoms with Crippen molar-refractivity contribution in [3.8, 4) is 0 Å². The van der Waals surface area contributed by atoms with Crippen molar-refractivity contribution in [2.75, 3.05) is 32.5 Å². The van der Waals surface area contributed by atoms with Crippen LogP contribution in [0.3, 0.4) is 0 Å². The molecule has 2 N–H and O–H groups in total. The van der Waals surface area contributed by atoms with Crippen LogP contribution >= 0.6 is 11.3 Å². The van der Waals surface area contributed by atoms with E-state index in [1.54, 1.807) is 10.6 Å². The molecule has 0 radical (unpaired) electrons. The van der Waals surface area contributed by atoms with E-state index < -0.39 is 10.0 Å².